The van der Waals surface area contributed by atoms with Gasteiger partial charge in [0.1, 0.15) is 11.5 Å². The van der Waals surface area contributed by atoms with Gasteiger partial charge in [-0.25, -0.2) is 0 Å². The highest BCUT2D eigenvalue weighted by Crippen LogP contribution is 2.62. The van der Waals surface area contributed by atoms with Crippen LogP contribution in [0.25, 0.3) is 0 Å². The number of carbonyl (C=O) groups excluding carboxylic acids is 1. The Kier molecular flexibility index (Phi) is 3.20. The van der Waals surface area contributed by atoms with Crippen LogP contribution in [0.2, 0.25) is 0 Å². The summed E-state index contributed by atoms with van der Waals surface area (Å²) in [6.45, 7) is 9.04. The van der Waals surface area contributed by atoms with Gasteiger partial charge >= 0.3 is 0 Å². The van der Waals surface area contributed by atoms with E-state index in [0.717, 1.165) is 30.6 Å². The zero-order valence-corrected chi connectivity index (χ0v) is 14.9. The predicted molar refractivity (Wildman–Crippen MR) is 93.1 cm³/mol. The zero-order chi connectivity index (χ0) is 17.3. The van der Waals surface area contributed by atoms with Gasteiger partial charge < -0.3 is 9.84 Å². The summed E-state index contributed by atoms with van der Waals surface area (Å²) < 4.78 is 6.29. The molecule has 0 unspecified atom stereocenters. The number of phenolic OH excluding ortho intramolecular Hbond substituents is 1. The fourth-order valence-electron chi connectivity index (χ4n) is 5.56. The minimum Gasteiger partial charge on any atom is -0.508 e. The zero-order valence-electron chi connectivity index (χ0n) is 14.9. The molecule has 2 aliphatic carbocycles. The summed E-state index contributed by atoms with van der Waals surface area (Å²) in [5, 5.41) is 9.93. The summed E-state index contributed by atoms with van der Waals surface area (Å²) in [6, 6.07) is 5.26. The fraction of sp³-hybridized carbons (Fsp3) is 0.571. The van der Waals surface area contributed by atoms with Gasteiger partial charge in [0.15, 0.2) is 11.9 Å². The fourth-order valence-corrected chi connectivity index (χ4v) is 5.56. The molecular formula is C21H26O3. The second-order valence-corrected chi connectivity index (χ2v) is 8.58. The number of fused-ring (bicyclic) bond motifs is 1. The molecule has 3 nitrogen and oxygen atoms in total. The number of phenols is 1. The van der Waals surface area contributed by atoms with Gasteiger partial charge in [-0.15, -0.1) is 0 Å². The van der Waals surface area contributed by atoms with Gasteiger partial charge in [0.25, 0.3) is 0 Å². The minimum absolute atomic E-state index is 0.00389. The van der Waals surface area contributed by atoms with Crippen molar-refractivity contribution >= 4 is 5.78 Å². The Morgan fingerprint density at radius 3 is 2.79 bits per heavy atom. The molecule has 0 bridgehead atoms. The molecule has 4 rings (SSSR count). The predicted octanol–water partition coefficient (Wildman–Crippen LogP) is 4.28. The third-order valence-electron chi connectivity index (χ3n) is 7.33. The number of carbonyl (C=O) groups is 1. The van der Waals surface area contributed by atoms with Crippen molar-refractivity contribution in [1.29, 1.82) is 0 Å². The molecule has 0 saturated heterocycles. The number of hydrogen-bond acceptors (Lipinski definition) is 3. The summed E-state index contributed by atoms with van der Waals surface area (Å²) in [5.41, 5.74) is 2.20. The summed E-state index contributed by atoms with van der Waals surface area (Å²) in [7, 11) is 0. The Hall–Kier alpha value is -1.77. The Morgan fingerprint density at radius 2 is 2.04 bits per heavy atom. The molecule has 1 heterocycles. The highest BCUT2D eigenvalue weighted by molar-refractivity contribution is 5.96. The van der Waals surface area contributed by atoms with Crippen molar-refractivity contribution in [2.45, 2.75) is 53.1 Å². The first-order chi connectivity index (χ1) is 11.3. The molecule has 0 amide bonds. The maximum absolute atomic E-state index is 12.8. The van der Waals surface area contributed by atoms with Crippen molar-refractivity contribution in [1.82, 2.24) is 0 Å². The van der Waals surface area contributed by atoms with Crippen LogP contribution in [0, 0.1) is 22.7 Å². The minimum atomic E-state index is -0.419. The number of rotatable bonds is 0. The molecule has 1 N–H and O–H groups in total. The molecule has 3 heteroatoms. The van der Waals surface area contributed by atoms with Crippen LogP contribution >= 0.6 is 0 Å². The molecule has 1 saturated carbocycles. The van der Waals surface area contributed by atoms with Crippen molar-refractivity contribution in [3.63, 3.8) is 0 Å². The standard InChI is InChI=1S/C21H26O3/c1-12-7-8-20(3)13(2)9-16(23)18-19(20)21(12,4)11-14-10-15(22)5-6-17(14)24-18/h5-6,9-10,12,18-19,22H,7-8,11H2,1-4H3/t12-,18-,19+,20+,21+/m0/s1. The first-order valence-corrected chi connectivity index (χ1v) is 8.97. The van der Waals surface area contributed by atoms with Crippen LogP contribution in [0.15, 0.2) is 29.8 Å². The molecule has 1 fully saturated rings. The van der Waals surface area contributed by atoms with Crippen LogP contribution in [-0.2, 0) is 11.2 Å². The lowest BCUT2D eigenvalue weighted by molar-refractivity contribution is -0.140. The largest absolute Gasteiger partial charge is 0.508 e. The lowest BCUT2D eigenvalue weighted by Gasteiger charge is -2.58. The first kappa shape index (κ1) is 15.7. The van der Waals surface area contributed by atoms with Crippen molar-refractivity contribution in [3.05, 3.63) is 35.4 Å². The van der Waals surface area contributed by atoms with E-state index in [1.54, 1.807) is 12.1 Å². The summed E-state index contributed by atoms with van der Waals surface area (Å²) in [5.74, 6) is 1.78. The number of aromatic hydroxyl groups is 1. The van der Waals surface area contributed by atoms with Crippen molar-refractivity contribution in [2.75, 3.05) is 0 Å². The Morgan fingerprint density at radius 1 is 1.29 bits per heavy atom. The average Bonchev–Trinajstić information content (AvgIpc) is 2.65. The molecule has 5 atom stereocenters. The number of hydrogen-bond donors (Lipinski definition) is 1. The maximum atomic E-state index is 12.8. The topological polar surface area (TPSA) is 46.5 Å². The highest BCUT2D eigenvalue weighted by Gasteiger charge is 2.60. The second-order valence-electron chi connectivity index (χ2n) is 8.58. The molecule has 3 aliphatic rings. The molecule has 1 aliphatic heterocycles. The van der Waals surface area contributed by atoms with Gasteiger partial charge in [-0.1, -0.05) is 26.3 Å². The van der Waals surface area contributed by atoms with Gasteiger partial charge in [0, 0.05) is 5.92 Å². The van der Waals surface area contributed by atoms with Crippen molar-refractivity contribution < 1.29 is 14.6 Å². The monoisotopic (exact) mass is 326 g/mol. The summed E-state index contributed by atoms with van der Waals surface area (Å²) in [4.78, 5) is 12.8. The number of ketones is 1. The Balaban J connectivity index is 1.94. The Labute approximate surface area is 143 Å². The van der Waals surface area contributed by atoms with Gasteiger partial charge in [-0.05, 0) is 72.8 Å². The quantitative estimate of drug-likeness (QED) is 0.774. The van der Waals surface area contributed by atoms with Crippen molar-refractivity contribution in [3.8, 4) is 11.5 Å². The third kappa shape index (κ3) is 1.93. The van der Waals surface area contributed by atoms with E-state index < -0.39 is 6.10 Å². The molecule has 1 aromatic rings. The third-order valence-corrected chi connectivity index (χ3v) is 7.33. The van der Waals surface area contributed by atoms with E-state index in [1.165, 1.54) is 5.57 Å². The molecule has 0 spiro atoms. The normalized spacial score (nSPS) is 40.8. The average molecular weight is 326 g/mol. The van der Waals surface area contributed by atoms with Crippen LogP contribution in [0.4, 0.5) is 0 Å². The number of benzene rings is 1. The molecule has 1 aromatic carbocycles. The van der Waals surface area contributed by atoms with Gasteiger partial charge in [-0.3, -0.25) is 4.79 Å². The van der Waals surface area contributed by atoms with Crippen LogP contribution in [-0.4, -0.2) is 17.0 Å². The Bertz CT molecular complexity index is 749. The SMILES string of the molecule is CC1=CC(=O)[C@@H]2Oc3ccc(O)cc3C[C@]3(C)[C@@H](C)CC[C@@]1(C)[C@@H]23. The van der Waals surface area contributed by atoms with Crippen molar-refractivity contribution in [2.24, 2.45) is 22.7 Å². The van der Waals surface area contributed by atoms with Gasteiger partial charge in [0.2, 0.25) is 0 Å². The van der Waals surface area contributed by atoms with Crippen LogP contribution in [0.5, 0.6) is 11.5 Å². The van der Waals surface area contributed by atoms with Crippen LogP contribution < -0.4 is 4.74 Å². The molecular weight excluding hydrogens is 300 g/mol. The smallest absolute Gasteiger partial charge is 0.196 e. The number of allylic oxidation sites excluding steroid dienone is 1. The van der Waals surface area contributed by atoms with E-state index in [9.17, 15) is 9.90 Å². The lowest BCUT2D eigenvalue weighted by Crippen LogP contribution is -2.58. The summed E-state index contributed by atoms with van der Waals surface area (Å²) in [6.07, 6.45) is 4.49. The van der Waals surface area contributed by atoms with Gasteiger partial charge in [0.05, 0.1) is 0 Å². The second kappa shape index (κ2) is 4.87. The maximum Gasteiger partial charge on any atom is 0.196 e. The van der Waals surface area contributed by atoms with E-state index in [2.05, 4.69) is 27.7 Å². The highest BCUT2D eigenvalue weighted by atomic mass is 16.5. The molecule has 24 heavy (non-hydrogen) atoms. The first-order valence-electron chi connectivity index (χ1n) is 8.97. The van der Waals surface area contributed by atoms with Gasteiger partial charge in [-0.2, -0.15) is 0 Å². The van der Waals surface area contributed by atoms with Crippen LogP contribution in [0.1, 0.15) is 46.1 Å². The van der Waals surface area contributed by atoms with E-state index >= 15 is 0 Å². The molecule has 128 valence electrons. The van der Waals surface area contributed by atoms with E-state index in [-0.39, 0.29) is 28.3 Å². The molecule has 0 radical (unpaired) electrons. The van der Waals surface area contributed by atoms with E-state index in [1.807, 2.05) is 12.1 Å². The number of ether oxygens (including phenoxy) is 1. The summed E-state index contributed by atoms with van der Waals surface area (Å²) >= 11 is 0. The lowest BCUT2D eigenvalue weighted by atomic mass is 9.46. The molecule has 0 aromatic heterocycles. The van der Waals surface area contributed by atoms with Crippen LogP contribution in [0.3, 0.4) is 0 Å². The van der Waals surface area contributed by atoms with E-state index in [4.69, 9.17) is 4.74 Å². The van der Waals surface area contributed by atoms with E-state index in [0.29, 0.717) is 5.92 Å².